The predicted molar refractivity (Wildman–Crippen MR) is 48.4 cm³/mol. The number of hydrogen-bond acceptors (Lipinski definition) is 0. The van der Waals surface area contributed by atoms with Crippen LogP contribution >= 0.6 is 23.2 Å². The van der Waals surface area contributed by atoms with E-state index in [1.54, 1.807) is 12.2 Å². The molecule has 0 amide bonds. The zero-order chi connectivity index (χ0) is 8.15. The van der Waals surface area contributed by atoms with Crippen LogP contribution < -0.4 is 0 Å². The van der Waals surface area contributed by atoms with Crippen LogP contribution in [0.5, 0.6) is 0 Å². The van der Waals surface area contributed by atoms with Crippen LogP contribution in [0.1, 0.15) is 13.8 Å². The van der Waals surface area contributed by atoms with E-state index in [0.29, 0.717) is 10.1 Å². The fraction of sp³-hybridized carbons (Fsp3) is 0.250. The van der Waals surface area contributed by atoms with E-state index < -0.39 is 0 Å². The van der Waals surface area contributed by atoms with Crippen molar-refractivity contribution in [3.05, 3.63) is 34.4 Å². The van der Waals surface area contributed by atoms with Crippen LogP contribution in [0, 0.1) is 0 Å². The lowest BCUT2D eigenvalue weighted by molar-refractivity contribution is 1.49. The maximum Gasteiger partial charge on any atom is 0.0617 e. The number of rotatable bonds is 2. The molecule has 0 unspecified atom stereocenters. The van der Waals surface area contributed by atoms with Gasteiger partial charge in [0.15, 0.2) is 0 Å². The number of halogens is 2. The molecule has 0 bridgehead atoms. The first-order valence-corrected chi connectivity index (χ1v) is 3.70. The molecule has 0 saturated carbocycles. The van der Waals surface area contributed by atoms with Crippen molar-refractivity contribution in [1.82, 2.24) is 0 Å². The van der Waals surface area contributed by atoms with E-state index >= 15 is 0 Å². The van der Waals surface area contributed by atoms with Crippen LogP contribution in [0.25, 0.3) is 0 Å². The third-order valence-electron chi connectivity index (χ3n) is 1.12. The Bertz CT molecular complexity index is 187. The zero-order valence-corrected chi connectivity index (χ0v) is 7.63. The van der Waals surface area contributed by atoms with E-state index in [-0.39, 0.29) is 0 Å². The van der Waals surface area contributed by atoms with Gasteiger partial charge in [-0.1, -0.05) is 41.9 Å². The Labute approximate surface area is 71.8 Å². The van der Waals surface area contributed by atoms with Crippen LogP contribution in [-0.2, 0) is 0 Å². The molecular formula is C8H10Cl2. The van der Waals surface area contributed by atoms with Crippen molar-refractivity contribution in [1.29, 1.82) is 0 Å². The molecule has 0 saturated heterocycles. The van der Waals surface area contributed by atoms with Gasteiger partial charge in [0.1, 0.15) is 0 Å². The van der Waals surface area contributed by atoms with E-state index in [1.807, 2.05) is 13.8 Å². The second-order valence-electron chi connectivity index (χ2n) is 1.84. The van der Waals surface area contributed by atoms with Gasteiger partial charge in [-0.15, -0.1) is 0 Å². The van der Waals surface area contributed by atoms with Crippen LogP contribution in [0.15, 0.2) is 34.4 Å². The number of allylic oxidation sites excluding steroid dienone is 5. The highest BCUT2D eigenvalue weighted by Crippen LogP contribution is 2.22. The van der Waals surface area contributed by atoms with Crippen LogP contribution in [0.3, 0.4) is 0 Å². The van der Waals surface area contributed by atoms with E-state index in [1.165, 1.54) is 0 Å². The summed E-state index contributed by atoms with van der Waals surface area (Å²) in [5.74, 6) is 0. The third-order valence-corrected chi connectivity index (χ3v) is 2.12. The van der Waals surface area contributed by atoms with Gasteiger partial charge in [0.05, 0.1) is 10.1 Å². The summed E-state index contributed by atoms with van der Waals surface area (Å²) in [6.07, 6.45) is 3.42. The first kappa shape index (κ1) is 9.80. The van der Waals surface area contributed by atoms with Gasteiger partial charge in [0.2, 0.25) is 0 Å². The van der Waals surface area contributed by atoms with Gasteiger partial charge in [0, 0.05) is 0 Å². The summed E-state index contributed by atoms with van der Waals surface area (Å²) in [6, 6.07) is 0. The summed E-state index contributed by atoms with van der Waals surface area (Å²) >= 11 is 11.5. The zero-order valence-electron chi connectivity index (χ0n) is 6.12. The van der Waals surface area contributed by atoms with Crippen molar-refractivity contribution >= 4 is 23.2 Å². The lowest BCUT2D eigenvalue weighted by atomic mass is 10.2. The molecule has 0 aromatic rings. The van der Waals surface area contributed by atoms with Crippen LogP contribution in [0.4, 0.5) is 0 Å². The molecule has 2 heteroatoms. The molecular weight excluding hydrogens is 167 g/mol. The summed E-state index contributed by atoms with van der Waals surface area (Å²) < 4.78 is 0. The van der Waals surface area contributed by atoms with E-state index in [2.05, 4.69) is 6.58 Å². The van der Waals surface area contributed by atoms with Crippen LogP contribution in [0.2, 0.25) is 0 Å². The fourth-order valence-corrected chi connectivity index (χ4v) is 0.740. The quantitative estimate of drug-likeness (QED) is 0.562. The molecule has 0 fully saturated rings. The van der Waals surface area contributed by atoms with Gasteiger partial charge in [-0.3, -0.25) is 0 Å². The Balaban J connectivity index is 4.63. The lowest BCUT2D eigenvalue weighted by Crippen LogP contribution is -1.76. The minimum absolute atomic E-state index is 0.569. The van der Waals surface area contributed by atoms with Crippen molar-refractivity contribution < 1.29 is 0 Å². The van der Waals surface area contributed by atoms with Gasteiger partial charge in [-0.05, 0) is 19.4 Å². The molecule has 0 atom stereocenters. The highest BCUT2D eigenvalue weighted by atomic mass is 35.5. The monoisotopic (exact) mass is 176 g/mol. The van der Waals surface area contributed by atoms with Crippen molar-refractivity contribution in [2.45, 2.75) is 13.8 Å². The molecule has 0 heterocycles. The SMILES string of the molecule is C=C/C(C)=C(Cl)\C(Cl)=C/C. The predicted octanol–water partition coefficient (Wildman–Crippen LogP) is 3.83. The van der Waals surface area contributed by atoms with E-state index in [4.69, 9.17) is 23.2 Å². The molecule has 0 N–H and O–H groups in total. The molecule has 0 nitrogen and oxygen atoms in total. The molecule has 0 aromatic carbocycles. The minimum Gasteiger partial charge on any atom is -0.0987 e. The van der Waals surface area contributed by atoms with Crippen molar-refractivity contribution in [3.63, 3.8) is 0 Å². The molecule has 0 aromatic heterocycles. The van der Waals surface area contributed by atoms with Gasteiger partial charge < -0.3 is 0 Å². The standard InChI is InChI=1S/C8H10Cl2/c1-4-6(3)8(10)7(9)5-2/h4-5H,1H2,2-3H3/b7-5+,8-6+. The molecule has 0 rings (SSSR count). The van der Waals surface area contributed by atoms with E-state index in [9.17, 15) is 0 Å². The normalized spacial score (nSPS) is 14.6. The molecule has 0 aliphatic carbocycles. The topological polar surface area (TPSA) is 0 Å². The molecule has 0 spiro atoms. The average molecular weight is 177 g/mol. The van der Waals surface area contributed by atoms with Gasteiger partial charge in [-0.2, -0.15) is 0 Å². The summed E-state index contributed by atoms with van der Waals surface area (Å²) in [5.41, 5.74) is 0.893. The summed E-state index contributed by atoms with van der Waals surface area (Å²) in [5, 5.41) is 1.14. The second kappa shape index (κ2) is 4.59. The van der Waals surface area contributed by atoms with E-state index in [0.717, 1.165) is 5.57 Å². The Morgan fingerprint density at radius 3 is 2.20 bits per heavy atom. The Hall–Kier alpha value is -0.200. The smallest absolute Gasteiger partial charge is 0.0617 e. The highest BCUT2D eigenvalue weighted by molar-refractivity contribution is 6.44. The molecule has 10 heavy (non-hydrogen) atoms. The first-order valence-electron chi connectivity index (χ1n) is 2.94. The van der Waals surface area contributed by atoms with Crippen molar-refractivity contribution in [3.8, 4) is 0 Å². The largest absolute Gasteiger partial charge is 0.0987 e. The Morgan fingerprint density at radius 2 is 1.90 bits per heavy atom. The summed E-state index contributed by atoms with van der Waals surface area (Å²) in [7, 11) is 0. The maximum absolute atomic E-state index is 5.79. The van der Waals surface area contributed by atoms with Crippen molar-refractivity contribution in [2.75, 3.05) is 0 Å². The third kappa shape index (κ3) is 2.59. The lowest BCUT2D eigenvalue weighted by Gasteiger charge is -1.97. The Kier molecular flexibility index (Phi) is 4.50. The number of hydrogen-bond donors (Lipinski definition) is 0. The van der Waals surface area contributed by atoms with Gasteiger partial charge in [0.25, 0.3) is 0 Å². The highest BCUT2D eigenvalue weighted by Gasteiger charge is 1.98. The molecule has 56 valence electrons. The van der Waals surface area contributed by atoms with Crippen LogP contribution in [-0.4, -0.2) is 0 Å². The second-order valence-corrected chi connectivity index (χ2v) is 2.62. The maximum atomic E-state index is 5.79. The summed E-state index contributed by atoms with van der Waals surface area (Å²) in [4.78, 5) is 0. The summed E-state index contributed by atoms with van der Waals surface area (Å²) in [6.45, 7) is 7.27. The minimum atomic E-state index is 0.569. The Morgan fingerprint density at radius 1 is 1.40 bits per heavy atom. The van der Waals surface area contributed by atoms with Gasteiger partial charge >= 0.3 is 0 Å². The van der Waals surface area contributed by atoms with Gasteiger partial charge in [-0.25, -0.2) is 0 Å². The molecule has 0 aliphatic heterocycles. The first-order chi connectivity index (χ1) is 4.63. The fourth-order valence-electron chi connectivity index (χ4n) is 0.405. The molecule has 0 aliphatic rings. The average Bonchev–Trinajstić information content (AvgIpc) is 2.00. The molecule has 0 radical (unpaired) electrons. The van der Waals surface area contributed by atoms with Crippen molar-refractivity contribution in [2.24, 2.45) is 0 Å².